The van der Waals surface area contributed by atoms with Crippen LogP contribution in [0.15, 0.2) is 48.9 Å². The largest absolute Gasteiger partial charge is 0.346 e. The molecule has 3 heterocycles. The summed E-state index contributed by atoms with van der Waals surface area (Å²) >= 11 is 0. The zero-order chi connectivity index (χ0) is 18.0. The first kappa shape index (κ1) is 16.8. The van der Waals surface area contributed by atoms with Gasteiger partial charge >= 0.3 is 0 Å². The molecule has 3 aromatic rings. The minimum absolute atomic E-state index is 0.250. The monoisotopic (exact) mass is 339 g/mol. The van der Waals surface area contributed by atoms with Gasteiger partial charge in [0.25, 0.3) is 5.91 Å². The van der Waals surface area contributed by atoms with Crippen LogP contribution in [0.1, 0.15) is 31.3 Å². The Morgan fingerprint density at radius 2 is 2.00 bits per heavy atom. The maximum atomic E-state index is 13.2. The molecule has 0 saturated heterocycles. The molecule has 0 bridgehead atoms. The number of halogens is 1. The molecule has 0 aromatic carbocycles. The second-order valence-electron chi connectivity index (χ2n) is 6.60. The van der Waals surface area contributed by atoms with Crippen molar-refractivity contribution in [2.24, 2.45) is 0 Å². The molecule has 7 heteroatoms. The van der Waals surface area contributed by atoms with Crippen LogP contribution in [0.2, 0.25) is 0 Å². The summed E-state index contributed by atoms with van der Waals surface area (Å²) in [6.07, 6.45) is 4.41. The van der Waals surface area contributed by atoms with Crippen LogP contribution in [-0.2, 0) is 0 Å². The fourth-order valence-corrected chi connectivity index (χ4v) is 2.28. The number of nitrogens with one attached hydrogen (secondary N) is 1. The standard InChI is InChI=1S/C18H18FN5O/c1-18(2,3)22-17(25)15-9-16(14-7-6-12(19)10-21-14)24(23-15)13-5-4-8-20-11-13/h4-11H,1-3H3,(H,22,25). The van der Waals surface area contributed by atoms with E-state index in [0.29, 0.717) is 17.1 Å². The second kappa shape index (κ2) is 6.43. The average Bonchev–Trinajstić information content (AvgIpc) is 3.00. The molecule has 0 aliphatic heterocycles. The molecule has 1 N–H and O–H groups in total. The van der Waals surface area contributed by atoms with E-state index in [1.54, 1.807) is 35.3 Å². The van der Waals surface area contributed by atoms with Crippen LogP contribution >= 0.6 is 0 Å². The van der Waals surface area contributed by atoms with Crippen LogP contribution < -0.4 is 5.32 Å². The van der Waals surface area contributed by atoms with Crippen LogP contribution in [-0.4, -0.2) is 31.2 Å². The summed E-state index contributed by atoms with van der Waals surface area (Å²) in [5.41, 5.74) is 1.63. The van der Waals surface area contributed by atoms with Crippen molar-refractivity contribution in [3.8, 4) is 17.1 Å². The molecule has 0 aliphatic rings. The molecule has 0 radical (unpaired) electrons. The van der Waals surface area contributed by atoms with E-state index >= 15 is 0 Å². The van der Waals surface area contributed by atoms with E-state index < -0.39 is 5.82 Å². The number of carbonyl (C=O) groups is 1. The van der Waals surface area contributed by atoms with Gasteiger partial charge in [-0.2, -0.15) is 5.10 Å². The number of nitrogens with zero attached hydrogens (tertiary/aromatic N) is 4. The Morgan fingerprint density at radius 1 is 1.20 bits per heavy atom. The van der Waals surface area contributed by atoms with E-state index in [4.69, 9.17) is 0 Å². The van der Waals surface area contributed by atoms with Crippen LogP contribution in [0.3, 0.4) is 0 Å². The summed E-state index contributed by atoms with van der Waals surface area (Å²) in [6, 6.07) is 8.09. The quantitative estimate of drug-likeness (QED) is 0.796. The lowest BCUT2D eigenvalue weighted by atomic mass is 10.1. The highest BCUT2D eigenvalue weighted by Crippen LogP contribution is 2.22. The maximum absolute atomic E-state index is 13.2. The van der Waals surface area contributed by atoms with Crippen molar-refractivity contribution in [1.29, 1.82) is 0 Å². The Hall–Kier alpha value is -3.09. The zero-order valence-electron chi connectivity index (χ0n) is 14.2. The minimum Gasteiger partial charge on any atom is -0.346 e. The Kier molecular flexibility index (Phi) is 4.31. The van der Waals surface area contributed by atoms with Crippen LogP contribution in [0, 0.1) is 5.82 Å². The molecular formula is C18H18FN5O. The third kappa shape index (κ3) is 3.88. The Bertz CT molecular complexity index is 882. The Labute approximate surface area is 144 Å². The number of amides is 1. The molecule has 0 saturated carbocycles. The molecule has 1 amide bonds. The maximum Gasteiger partial charge on any atom is 0.272 e. The van der Waals surface area contributed by atoms with Crippen molar-refractivity contribution in [2.75, 3.05) is 0 Å². The topological polar surface area (TPSA) is 72.7 Å². The number of aromatic nitrogens is 4. The molecule has 0 fully saturated rings. The highest BCUT2D eigenvalue weighted by molar-refractivity contribution is 5.94. The van der Waals surface area contributed by atoms with E-state index in [9.17, 15) is 9.18 Å². The highest BCUT2D eigenvalue weighted by Gasteiger charge is 2.21. The first-order valence-corrected chi connectivity index (χ1v) is 7.78. The lowest BCUT2D eigenvalue weighted by molar-refractivity contribution is 0.0914. The summed E-state index contributed by atoms with van der Waals surface area (Å²) < 4.78 is 14.8. The summed E-state index contributed by atoms with van der Waals surface area (Å²) in [5.74, 6) is -0.722. The van der Waals surface area contributed by atoms with Crippen molar-refractivity contribution in [3.05, 3.63) is 60.4 Å². The number of pyridine rings is 2. The van der Waals surface area contributed by atoms with Crippen LogP contribution in [0.4, 0.5) is 4.39 Å². The Morgan fingerprint density at radius 3 is 2.60 bits per heavy atom. The van der Waals surface area contributed by atoms with Crippen LogP contribution in [0.25, 0.3) is 17.1 Å². The van der Waals surface area contributed by atoms with Gasteiger partial charge in [0.2, 0.25) is 0 Å². The minimum atomic E-state index is -0.429. The fourth-order valence-electron chi connectivity index (χ4n) is 2.28. The van der Waals surface area contributed by atoms with E-state index in [2.05, 4.69) is 20.4 Å². The van der Waals surface area contributed by atoms with Gasteiger partial charge in [-0.25, -0.2) is 9.07 Å². The normalized spacial score (nSPS) is 11.4. The average molecular weight is 339 g/mol. The molecule has 0 spiro atoms. The third-order valence-corrected chi connectivity index (χ3v) is 3.31. The van der Waals surface area contributed by atoms with Gasteiger partial charge < -0.3 is 5.32 Å². The van der Waals surface area contributed by atoms with Gasteiger partial charge in [-0.05, 0) is 51.1 Å². The van der Waals surface area contributed by atoms with E-state index in [1.807, 2.05) is 26.8 Å². The van der Waals surface area contributed by atoms with Gasteiger partial charge in [-0.15, -0.1) is 0 Å². The SMILES string of the molecule is CC(C)(C)NC(=O)c1cc(-c2ccc(F)cn2)n(-c2cccnc2)n1. The lowest BCUT2D eigenvalue weighted by Gasteiger charge is -2.19. The molecule has 0 aliphatic carbocycles. The molecule has 25 heavy (non-hydrogen) atoms. The van der Waals surface area contributed by atoms with Gasteiger partial charge in [0.05, 0.1) is 29.5 Å². The van der Waals surface area contributed by atoms with Crippen molar-refractivity contribution >= 4 is 5.91 Å². The van der Waals surface area contributed by atoms with Gasteiger partial charge in [0, 0.05) is 11.7 Å². The molecular weight excluding hydrogens is 321 g/mol. The number of hydrogen-bond acceptors (Lipinski definition) is 4. The smallest absolute Gasteiger partial charge is 0.272 e. The first-order valence-electron chi connectivity index (χ1n) is 7.78. The number of carbonyl (C=O) groups excluding carboxylic acids is 1. The summed E-state index contributed by atoms with van der Waals surface area (Å²) in [4.78, 5) is 20.6. The summed E-state index contributed by atoms with van der Waals surface area (Å²) in [6.45, 7) is 5.68. The van der Waals surface area contributed by atoms with Gasteiger partial charge in [0.15, 0.2) is 5.69 Å². The van der Waals surface area contributed by atoms with Gasteiger partial charge in [-0.3, -0.25) is 14.8 Å². The van der Waals surface area contributed by atoms with Crippen LogP contribution in [0.5, 0.6) is 0 Å². The van der Waals surface area contributed by atoms with Gasteiger partial charge in [-0.1, -0.05) is 0 Å². The van der Waals surface area contributed by atoms with E-state index in [-0.39, 0.29) is 17.1 Å². The highest BCUT2D eigenvalue weighted by atomic mass is 19.1. The molecule has 0 unspecified atom stereocenters. The Balaban J connectivity index is 2.09. The number of rotatable bonds is 3. The second-order valence-corrected chi connectivity index (χ2v) is 6.60. The lowest BCUT2D eigenvalue weighted by Crippen LogP contribution is -2.40. The molecule has 0 atom stereocenters. The zero-order valence-corrected chi connectivity index (χ0v) is 14.2. The number of hydrogen-bond donors (Lipinski definition) is 1. The first-order chi connectivity index (χ1) is 11.8. The predicted octanol–water partition coefficient (Wildman–Crippen LogP) is 3.00. The predicted molar refractivity (Wildman–Crippen MR) is 91.8 cm³/mol. The fraction of sp³-hybridized carbons (Fsp3) is 0.222. The van der Waals surface area contributed by atoms with Crippen molar-refractivity contribution in [2.45, 2.75) is 26.3 Å². The van der Waals surface area contributed by atoms with Crippen molar-refractivity contribution in [1.82, 2.24) is 25.1 Å². The third-order valence-electron chi connectivity index (χ3n) is 3.31. The molecule has 3 rings (SSSR count). The summed E-state index contributed by atoms with van der Waals surface area (Å²) in [5, 5.41) is 7.27. The van der Waals surface area contributed by atoms with Crippen molar-refractivity contribution in [3.63, 3.8) is 0 Å². The van der Waals surface area contributed by atoms with E-state index in [1.165, 1.54) is 6.07 Å². The van der Waals surface area contributed by atoms with E-state index in [0.717, 1.165) is 6.20 Å². The molecule has 6 nitrogen and oxygen atoms in total. The molecule has 128 valence electrons. The molecule has 3 aromatic heterocycles. The van der Waals surface area contributed by atoms with Gasteiger partial charge in [0.1, 0.15) is 5.82 Å². The summed E-state index contributed by atoms with van der Waals surface area (Å²) in [7, 11) is 0. The van der Waals surface area contributed by atoms with Crippen molar-refractivity contribution < 1.29 is 9.18 Å².